The first-order valence-corrected chi connectivity index (χ1v) is 10.3. The first-order chi connectivity index (χ1) is 15.1. The number of aliphatic carboxylic acids is 1. The third-order valence-electron chi connectivity index (χ3n) is 4.97. The van der Waals surface area contributed by atoms with E-state index in [0.717, 1.165) is 5.56 Å². The van der Waals surface area contributed by atoms with E-state index in [4.69, 9.17) is 5.11 Å². The molecular formula is C26H26N2O4. The van der Waals surface area contributed by atoms with Crippen LogP contribution in [0.1, 0.15) is 52.6 Å². The molecular weight excluding hydrogens is 404 g/mol. The molecule has 0 saturated heterocycles. The molecule has 0 aliphatic heterocycles. The number of carbonyl (C=O) groups excluding carboxylic acids is 2. The van der Waals surface area contributed by atoms with Gasteiger partial charge in [-0.3, -0.25) is 14.4 Å². The fourth-order valence-electron chi connectivity index (χ4n) is 3.24. The quantitative estimate of drug-likeness (QED) is 0.506. The molecule has 0 saturated carbocycles. The van der Waals surface area contributed by atoms with Gasteiger partial charge in [0.1, 0.15) is 0 Å². The van der Waals surface area contributed by atoms with E-state index in [0.29, 0.717) is 28.1 Å². The molecule has 0 aliphatic carbocycles. The van der Waals surface area contributed by atoms with E-state index in [1.807, 2.05) is 12.1 Å². The third kappa shape index (κ3) is 5.82. The standard InChI is InChI=1S/C26H26N2O4/c1-26(2,3)19-13-11-18(12-14-19)24(31)28-22-10-5-4-9-21(22)25(32)27-20-8-6-7-17(15-20)16-23(29)30/h4-15H,16H2,1-3H3,(H,27,32)(H,28,31)(H,29,30). The smallest absolute Gasteiger partial charge is 0.307 e. The van der Waals surface area contributed by atoms with Crippen molar-refractivity contribution in [3.8, 4) is 0 Å². The van der Waals surface area contributed by atoms with Gasteiger partial charge in [-0.05, 0) is 52.9 Å². The topological polar surface area (TPSA) is 95.5 Å². The van der Waals surface area contributed by atoms with Crippen molar-refractivity contribution >= 4 is 29.2 Å². The van der Waals surface area contributed by atoms with Crippen molar-refractivity contribution in [3.63, 3.8) is 0 Å². The molecule has 0 bridgehead atoms. The Morgan fingerprint density at radius 2 is 1.50 bits per heavy atom. The van der Waals surface area contributed by atoms with Crippen molar-refractivity contribution < 1.29 is 19.5 Å². The Bertz CT molecular complexity index is 1140. The summed E-state index contributed by atoms with van der Waals surface area (Å²) >= 11 is 0. The fraction of sp³-hybridized carbons (Fsp3) is 0.192. The summed E-state index contributed by atoms with van der Waals surface area (Å²) in [5.41, 5.74) is 3.35. The van der Waals surface area contributed by atoms with Crippen LogP contribution in [-0.4, -0.2) is 22.9 Å². The predicted octanol–water partition coefficient (Wildman–Crippen LogP) is 5.12. The van der Waals surface area contributed by atoms with E-state index in [1.54, 1.807) is 60.7 Å². The van der Waals surface area contributed by atoms with E-state index in [2.05, 4.69) is 31.4 Å². The summed E-state index contributed by atoms with van der Waals surface area (Å²) in [6.07, 6.45) is -0.135. The van der Waals surface area contributed by atoms with Crippen molar-refractivity contribution in [2.75, 3.05) is 10.6 Å². The molecule has 3 aromatic carbocycles. The van der Waals surface area contributed by atoms with Crippen molar-refractivity contribution in [2.45, 2.75) is 32.6 Å². The molecule has 0 spiro atoms. The number of hydrogen-bond donors (Lipinski definition) is 3. The summed E-state index contributed by atoms with van der Waals surface area (Å²) in [6, 6.07) is 20.8. The SMILES string of the molecule is CC(C)(C)c1ccc(C(=O)Nc2ccccc2C(=O)Nc2cccc(CC(=O)O)c2)cc1. The maximum atomic E-state index is 12.9. The molecule has 3 rings (SSSR count). The largest absolute Gasteiger partial charge is 0.481 e. The van der Waals surface area contributed by atoms with Crippen molar-refractivity contribution in [3.05, 3.63) is 95.1 Å². The number of amides is 2. The lowest BCUT2D eigenvalue weighted by atomic mass is 9.86. The van der Waals surface area contributed by atoms with Gasteiger partial charge in [-0.1, -0.05) is 57.2 Å². The van der Waals surface area contributed by atoms with Gasteiger partial charge in [-0.2, -0.15) is 0 Å². The number of carboxylic acid groups (broad SMARTS) is 1. The van der Waals surface area contributed by atoms with Gasteiger partial charge in [-0.25, -0.2) is 0 Å². The van der Waals surface area contributed by atoms with Gasteiger partial charge in [-0.15, -0.1) is 0 Å². The van der Waals surface area contributed by atoms with Crippen molar-refractivity contribution in [1.29, 1.82) is 0 Å². The maximum Gasteiger partial charge on any atom is 0.307 e. The Morgan fingerprint density at radius 3 is 2.16 bits per heavy atom. The molecule has 0 unspecified atom stereocenters. The summed E-state index contributed by atoms with van der Waals surface area (Å²) in [6.45, 7) is 6.32. The zero-order valence-electron chi connectivity index (χ0n) is 18.3. The van der Waals surface area contributed by atoms with Crippen LogP contribution in [0.2, 0.25) is 0 Å². The number of carbonyl (C=O) groups is 3. The van der Waals surface area contributed by atoms with Gasteiger partial charge in [0, 0.05) is 11.3 Å². The lowest BCUT2D eigenvalue weighted by Gasteiger charge is -2.19. The normalized spacial score (nSPS) is 11.0. The number of anilines is 2. The van der Waals surface area contributed by atoms with Crippen molar-refractivity contribution in [2.24, 2.45) is 0 Å². The maximum absolute atomic E-state index is 12.9. The van der Waals surface area contributed by atoms with Crippen LogP contribution in [0.5, 0.6) is 0 Å². The van der Waals surface area contributed by atoms with Gasteiger partial charge in [0.05, 0.1) is 17.7 Å². The average Bonchev–Trinajstić information content (AvgIpc) is 2.73. The van der Waals surface area contributed by atoms with Crippen LogP contribution in [0.3, 0.4) is 0 Å². The van der Waals surface area contributed by atoms with Gasteiger partial charge >= 0.3 is 5.97 Å². The molecule has 0 atom stereocenters. The highest BCUT2D eigenvalue weighted by Gasteiger charge is 2.17. The van der Waals surface area contributed by atoms with Gasteiger partial charge in [0.25, 0.3) is 11.8 Å². The van der Waals surface area contributed by atoms with Crippen LogP contribution in [-0.2, 0) is 16.6 Å². The highest BCUT2D eigenvalue weighted by Crippen LogP contribution is 2.23. The Hall–Kier alpha value is -3.93. The second-order valence-electron chi connectivity index (χ2n) is 8.55. The number of hydrogen-bond acceptors (Lipinski definition) is 3. The zero-order valence-corrected chi connectivity index (χ0v) is 18.3. The van der Waals surface area contributed by atoms with Crippen LogP contribution in [0, 0.1) is 0 Å². The molecule has 32 heavy (non-hydrogen) atoms. The average molecular weight is 431 g/mol. The first kappa shape index (κ1) is 22.7. The number of nitrogens with one attached hydrogen (secondary N) is 2. The Labute approximate surface area is 187 Å². The molecule has 6 nitrogen and oxygen atoms in total. The molecule has 164 valence electrons. The molecule has 3 aromatic rings. The molecule has 3 N–H and O–H groups in total. The summed E-state index contributed by atoms with van der Waals surface area (Å²) in [5, 5.41) is 14.5. The van der Waals surface area contributed by atoms with E-state index < -0.39 is 11.9 Å². The molecule has 0 aliphatic rings. The minimum atomic E-state index is -0.947. The minimum absolute atomic E-state index is 0.0124. The van der Waals surface area contributed by atoms with Crippen LogP contribution in [0.15, 0.2) is 72.8 Å². The van der Waals surface area contributed by atoms with Gasteiger partial charge in [0.15, 0.2) is 0 Å². The van der Waals surface area contributed by atoms with E-state index in [1.165, 1.54) is 0 Å². The third-order valence-corrected chi connectivity index (χ3v) is 4.97. The molecule has 0 radical (unpaired) electrons. The Morgan fingerprint density at radius 1 is 0.812 bits per heavy atom. The first-order valence-electron chi connectivity index (χ1n) is 10.3. The highest BCUT2D eigenvalue weighted by molar-refractivity contribution is 6.12. The van der Waals surface area contributed by atoms with Gasteiger partial charge < -0.3 is 15.7 Å². The number of para-hydroxylation sites is 1. The lowest BCUT2D eigenvalue weighted by molar-refractivity contribution is -0.136. The predicted molar refractivity (Wildman–Crippen MR) is 125 cm³/mol. The number of carboxylic acids is 1. The molecule has 0 heterocycles. The zero-order chi connectivity index (χ0) is 23.3. The van der Waals surface area contributed by atoms with E-state index in [9.17, 15) is 14.4 Å². The molecule has 0 aromatic heterocycles. The Kier molecular flexibility index (Phi) is 6.73. The fourth-order valence-corrected chi connectivity index (χ4v) is 3.24. The van der Waals surface area contributed by atoms with Crippen molar-refractivity contribution in [1.82, 2.24) is 0 Å². The summed E-state index contributed by atoms with van der Waals surface area (Å²) in [7, 11) is 0. The van der Waals surface area contributed by atoms with Gasteiger partial charge in [0.2, 0.25) is 0 Å². The number of rotatable bonds is 6. The summed E-state index contributed by atoms with van der Waals surface area (Å²) in [5.74, 6) is -1.66. The van der Waals surface area contributed by atoms with Crippen LogP contribution >= 0.6 is 0 Å². The van der Waals surface area contributed by atoms with Crippen LogP contribution in [0.25, 0.3) is 0 Å². The second-order valence-corrected chi connectivity index (χ2v) is 8.55. The van der Waals surface area contributed by atoms with Crippen LogP contribution < -0.4 is 10.6 Å². The molecule has 0 fully saturated rings. The highest BCUT2D eigenvalue weighted by atomic mass is 16.4. The van der Waals surface area contributed by atoms with Crippen LogP contribution in [0.4, 0.5) is 11.4 Å². The summed E-state index contributed by atoms with van der Waals surface area (Å²) < 4.78 is 0. The lowest BCUT2D eigenvalue weighted by Crippen LogP contribution is -2.18. The second kappa shape index (κ2) is 9.47. The summed E-state index contributed by atoms with van der Waals surface area (Å²) in [4.78, 5) is 36.5. The Balaban J connectivity index is 1.76. The minimum Gasteiger partial charge on any atom is -0.481 e. The van der Waals surface area contributed by atoms with E-state index >= 15 is 0 Å². The monoisotopic (exact) mass is 430 g/mol. The van der Waals surface area contributed by atoms with E-state index in [-0.39, 0.29) is 17.7 Å². The molecule has 2 amide bonds. The number of benzene rings is 3. The molecule has 6 heteroatoms.